The molecule has 0 atom stereocenters. The highest BCUT2D eigenvalue weighted by Gasteiger charge is 1.98. The molecule has 72 valence electrons. The highest BCUT2D eigenvalue weighted by atomic mass is 16.6. The summed E-state index contributed by atoms with van der Waals surface area (Å²) in [6.45, 7) is 3.90. The third-order valence-electron chi connectivity index (χ3n) is 1.19. The molecular formula is C8H17NO3. The number of hydrogen-bond acceptors (Lipinski definition) is 4. The predicted molar refractivity (Wildman–Crippen MR) is 45.7 cm³/mol. The molecule has 0 radical (unpaired) electrons. The Balaban J connectivity index is 3.03. The molecule has 0 aromatic heterocycles. The first-order valence-electron chi connectivity index (χ1n) is 4.24. The Kier molecular flexibility index (Phi) is 8.05. The molecule has 0 spiro atoms. The lowest BCUT2D eigenvalue weighted by molar-refractivity contribution is -0.144. The Hall–Kier alpha value is -0.610. The van der Waals surface area contributed by atoms with Gasteiger partial charge in [-0.3, -0.25) is 4.79 Å². The van der Waals surface area contributed by atoms with Crippen molar-refractivity contribution in [3.05, 3.63) is 0 Å². The van der Waals surface area contributed by atoms with Crippen molar-refractivity contribution in [2.75, 3.05) is 26.4 Å². The maximum absolute atomic E-state index is 10.7. The first-order valence-corrected chi connectivity index (χ1v) is 4.24. The van der Waals surface area contributed by atoms with Crippen LogP contribution in [0.2, 0.25) is 0 Å². The molecule has 0 aliphatic rings. The third kappa shape index (κ3) is 7.50. The van der Waals surface area contributed by atoms with Gasteiger partial charge in [0.1, 0.15) is 6.61 Å². The fourth-order valence-corrected chi connectivity index (χ4v) is 0.651. The van der Waals surface area contributed by atoms with E-state index in [9.17, 15) is 4.79 Å². The number of ether oxygens (including phenoxy) is 2. The predicted octanol–water partition coefficient (Wildman–Crippen LogP) is 0.305. The second-order valence-electron chi connectivity index (χ2n) is 2.37. The minimum atomic E-state index is -0.252. The van der Waals surface area contributed by atoms with E-state index >= 15 is 0 Å². The molecule has 12 heavy (non-hydrogen) atoms. The summed E-state index contributed by atoms with van der Waals surface area (Å²) in [5.41, 5.74) is 5.15. The molecule has 0 rings (SSSR count). The maximum atomic E-state index is 10.7. The summed E-state index contributed by atoms with van der Waals surface area (Å²) in [5, 5.41) is 0. The molecule has 0 aromatic carbocycles. The molecule has 4 nitrogen and oxygen atoms in total. The molecule has 0 saturated heterocycles. The molecule has 0 bridgehead atoms. The highest BCUT2D eigenvalue weighted by Crippen LogP contribution is 1.85. The molecule has 0 heterocycles. The van der Waals surface area contributed by atoms with E-state index in [0.29, 0.717) is 26.4 Å². The Morgan fingerprint density at radius 2 is 2.08 bits per heavy atom. The second-order valence-corrected chi connectivity index (χ2v) is 2.37. The Labute approximate surface area is 73.0 Å². The van der Waals surface area contributed by atoms with Crippen molar-refractivity contribution in [3.8, 4) is 0 Å². The Morgan fingerprint density at radius 1 is 1.33 bits per heavy atom. The van der Waals surface area contributed by atoms with Crippen molar-refractivity contribution in [1.29, 1.82) is 0 Å². The van der Waals surface area contributed by atoms with Crippen LogP contribution < -0.4 is 5.73 Å². The number of rotatable bonds is 7. The Morgan fingerprint density at radius 3 is 2.67 bits per heavy atom. The van der Waals surface area contributed by atoms with Gasteiger partial charge in [-0.1, -0.05) is 6.92 Å². The van der Waals surface area contributed by atoms with Crippen LogP contribution in [0.5, 0.6) is 0 Å². The molecule has 2 N–H and O–H groups in total. The first kappa shape index (κ1) is 11.4. The van der Waals surface area contributed by atoms with Crippen molar-refractivity contribution in [1.82, 2.24) is 0 Å². The van der Waals surface area contributed by atoms with Crippen molar-refractivity contribution < 1.29 is 14.3 Å². The summed E-state index contributed by atoms with van der Waals surface area (Å²) in [6, 6.07) is 0. The van der Waals surface area contributed by atoms with Gasteiger partial charge in [-0.2, -0.15) is 0 Å². The van der Waals surface area contributed by atoms with Crippen LogP contribution in [0.4, 0.5) is 0 Å². The topological polar surface area (TPSA) is 61.5 Å². The van der Waals surface area contributed by atoms with Crippen molar-refractivity contribution in [2.24, 2.45) is 5.73 Å². The van der Waals surface area contributed by atoms with Gasteiger partial charge in [0.15, 0.2) is 0 Å². The summed E-state index contributed by atoms with van der Waals surface area (Å²) in [5.74, 6) is -0.252. The molecule has 0 aliphatic carbocycles. The van der Waals surface area contributed by atoms with E-state index in [4.69, 9.17) is 15.2 Å². The number of hydrogen-bond donors (Lipinski definition) is 1. The lowest BCUT2D eigenvalue weighted by Gasteiger charge is -2.03. The van der Waals surface area contributed by atoms with Crippen LogP contribution in [0, 0.1) is 0 Å². The van der Waals surface area contributed by atoms with E-state index in [-0.39, 0.29) is 12.4 Å². The molecule has 4 heteroatoms. The molecular weight excluding hydrogens is 158 g/mol. The van der Waals surface area contributed by atoms with Gasteiger partial charge in [-0.25, -0.2) is 0 Å². The van der Waals surface area contributed by atoms with Crippen LogP contribution in [-0.2, 0) is 14.3 Å². The van der Waals surface area contributed by atoms with Gasteiger partial charge in [0.05, 0.1) is 13.0 Å². The van der Waals surface area contributed by atoms with Crippen LogP contribution in [0.25, 0.3) is 0 Å². The Bertz CT molecular complexity index is 117. The van der Waals surface area contributed by atoms with E-state index in [2.05, 4.69) is 0 Å². The molecule has 0 fully saturated rings. The van der Waals surface area contributed by atoms with E-state index in [1.807, 2.05) is 6.92 Å². The average molecular weight is 175 g/mol. The molecule has 0 aliphatic heterocycles. The van der Waals surface area contributed by atoms with Crippen molar-refractivity contribution in [2.45, 2.75) is 19.8 Å². The van der Waals surface area contributed by atoms with Crippen LogP contribution >= 0.6 is 0 Å². The van der Waals surface area contributed by atoms with E-state index in [1.54, 1.807) is 0 Å². The molecule has 0 amide bonds. The van der Waals surface area contributed by atoms with Crippen molar-refractivity contribution in [3.63, 3.8) is 0 Å². The summed E-state index contributed by atoms with van der Waals surface area (Å²) >= 11 is 0. The standard InChI is InChI=1S/C8H17NO3/c1-2-5-11-6-7-12-8(10)3-4-9/h2-7,9H2,1H3. The van der Waals surface area contributed by atoms with Gasteiger partial charge in [0.2, 0.25) is 0 Å². The normalized spacial score (nSPS) is 9.83. The number of nitrogens with two attached hydrogens (primary N) is 1. The summed E-state index contributed by atoms with van der Waals surface area (Å²) < 4.78 is 9.89. The van der Waals surface area contributed by atoms with Crippen LogP contribution in [0.1, 0.15) is 19.8 Å². The SMILES string of the molecule is CCCOCCOC(=O)CCN. The molecule has 0 unspecified atom stereocenters. The van der Waals surface area contributed by atoms with E-state index in [0.717, 1.165) is 6.42 Å². The third-order valence-corrected chi connectivity index (χ3v) is 1.19. The van der Waals surface area contributed by atoms with Crippen LogP contribution in [0.3, 0.4) is 0 Å². The molecule has 0 saturated carbocycles. The zero-order valence-corrected chi connectivity index (χ0v) is 7.54. The quantitative estimate of drug-likeness (QED) is 0.446. The zero-order valence-electron chi connectivity index (χ0n) is 7.54. The van der Waals surface area contributed by atoms with Crippen molar-refractivity contribution >= 4 is 5.97 Å². The first-order chi connectivity index (χ1) is 5.81. The average Bonchev–Trinajstić information content (AvgIpc) is 2.05. The monoisotopic (exact) mass is 175 g/mol. The van der Waals surface area contributed by atoms with Gasteiger partial charge < -0.3 is 15.2 Å². The van der Waals surface area contributed by atoms with Gasteiger partial charge in [-0.05, 0) is 6.42 Å². The second kappa shape index (κ2) is 8.49. The summed E-state index contributed by atoms with van der Waals surface area (Å²) in [6.07, 6.45) is 1.27. The van der Waals surface area contributed by atoms with Crippen LogP contribution in [0.15, 0.2) is 0 Å². The largest absolute Gasteiger partial charge is 0.463 e. The number of esters is 1. The van der Waals surface area contributed by atoms with Gasteiger partial charge >= 0.3 is 5.97 Å². The van der Waals surface area contributed by atoms with E-state index < -0.39 is 0 Å². The number of carbonyl (C=O) groups excluding carboxylic acids is 1. The lowest BCUT2D eigenvalue weighted by atomic mass is 10.4. The number of carbonyl (C=O) groups is 1. The van der Waals surface area contributed by atoms with Gasteiger partial charge in [0.25, 0.3) is 0 Å². The smallest absolute Gasteiger partial charge is 0.307 e. The van der Waals surface area contributed by atoms with Gasteiger partial charge in [-0.15, -0.1) is 0 Å². The fourth-order valence-electron chi connectivity index (χ4n) is 0.651. The van der Waals surface area contributed by atoms with E-state index in [1.165, 1.54) is 0 Å². The zero-order chi connectivity index (χ0) is 9.23. The fraction of sp³-hybridized carbons (Fsp3) is 0.875. The molecule has 0 aromatic rings. The minimum absolute atomic E-state index is 0.252. The summed E-state index contributed by atoms with van der Waals surface area (Å²) in [7, 11) is 0. The lowest BCUT2D eigenvalue weighted by Crippen LogP contribution is -2.14. The summed E-state index contributed by atoms with van der Waals surface area (Å²) in [4.78, 5) is 10.7. The highest BCUT2D eigenvalue weighted by molar-refractivity contribution is 5.69. The van der Waals surface area contributed by atoms with Gasteiger partial charge in [0, 0.05) is 13.2 Å². The maximum Gasteiger partial charge on any atom is 0.307 e. The minimum Gasteiger partial charge on any atom is -0.463 e. The van der Waals surface area contributed by atoms with Crippen LogP contribution in [-0.4, -0.2) is 32.3 Å².